The molecule has 70 valence electrons. The van der Waals surface area contributed by atoms with E-state index in [1.165, 1.54) is 10.9 Å². The Morgan fingerprint density at radius 1 is 1.62 bits per heavy atom. The average molecular weight is 219 g/mol. The second kappa shape index (κ2) is 4.44. The Morgan fingerprint density at radius 3 is 2.92 bits per heavy atom. The molecule has 0 atom stereocenters. The third-order valence-corrected chi connectivity index (χ3v) is 2.24. The molecule has 0 aliphatic heterocycles. The minimum absolute atomic E-state index is 0.0340. The number of aromatic nitrogens is 2. The van der Waals surface area contributed by atoms with Crippen LogP contribution in [-0.2, 0) is 6.54 Å². The zero-order valence-corrected chi connectivity index (χ0v) is 8.35. The first-order chi connectivity index (χ1) is 6.16. The van der Waals surface area contributed by atoms with Crippen LogP contribution in [0.25, 0.3) is 0 Å². The van der Waals surface area contributed by atoms with Crippen LogP contribution in [0.4, 0.5) is 0 Å². The molecule has 0 unspecified atom stereocenters. The number of rotatable bonds is 3. The molecule has 0 bridgehead atoms. The van der Waals surface area contributed by atoms with Crippen molar-refractivity contribution < 1.29 is 0 Å². The molecule has 0 spiro atoms. The second-order valence-electron chi connectivity index (χ2n) is 2.43. The van der Waals surface area contributed by atoms with E-state index < -0.39 is 0 Å². The van der Waals surface area contributed by atoms with Gasteiger partial charge in [-0.25, -0.2) is 4.98 Å². The highest BCUT2D eigenvalue weighted by atomic mass is 35.5. The number of hydrogen-bond acceptors (Lipinski definition) is 2. The van der Waals surface area contributed by atoms with Gasteiger partial charge in [0.25, 0.3) is 5.56 Å². The van der Waals surface area contributed by atoms with Crippen LogP contribution < -0.4 is 5.56 Å². The van der Waals surface area contributed by atoms with Crippen molar-refractivity contribution in [1.82, 2.24) is 9.55 Å². The van der Waals surface area contributed by atoms with Crippen LogP contribution in [0, 0.1) is 0 Å². The fourth-order valence-electron chi connectivity index (χ4n) is 0.833. The number of nitrogens with zero attached hydrogens (tertiary/aromatic N) is 2. The summed E-state index contributed by atoms with van der Waals surface area (Å²) in [6.07, 6.45) is 3.79. The molecule has 0 amide bonds. The van der Waals surface area contributed by atoms with Crippen molar-refractivity contribution in [2.75, 3.05) is 0 Å². The smallest absolute Gasteiger partial charge is 0.273 e. The zero-order chi connectivity index (χ0) is 9.84. The molecule has 0 saturated heterocycles. The largest absolute Gasteiger partial charge is 0.298 e. The maximum Gasteiger partial charge on any atom is 0.273 e. The van der Waals surface area contributed by atoms with Crippen LogP contribution in [0.1, 0.15) is 6.42 Å². The lowest BCUT2D eigenvalue weighted by Gasteiger charge is -2.03. The summed E-state index contributed by atoms with van der Waals surface area (Å²) in [7, 11) is 0. The van der Waals surface area contributed by atoms with Crippen molar-refractivity contribution in [2.24, 2.45) is 0 Å². The molecule has 1 rings (SSSR count). The number of hydrogen-bond donors (Lipinski definition) is 0. The summed E-state index contributed by atoms with van der Waals surface area (Å²) < 4.78 is 1.40. The highest BCUT2D eigenvalue weighted by Gasteiger charge is 2.05. The number of allylic oxidation sites excluding steroid dienone is 1. The van der Waals surface area contributed by atoms with Crippen LogP contribution in [0.5, 0.6) is 0 Å². The molecule has 0 N–H and O–H groups in total. The molecule has 1 heterocycles. The Hall–Kier alpha value is -0.800. The van der Waals surface area contributed by atoms with Gasteiger partial charge in [0, 0.05) is 6.54 Å². The number of halogens is 2. The summed E-state index contributed by atoms with van der Waals surface area (Å²) in [5.74, 6) is 0. The van der Waals surface area contributed by atoms with E-state index in [4.69, 9.17) is 23.2 Å². The van der Waals surface area contributed by atoms with Crippen LogP contribution in [-0.4, -0.2) is 9.55 Å². The molecule has 0 radical (unpaired) electrons. The van der Waals surface area contributed by atoms with Crippen LogP contribution in [0.3, 0.4) is 0 Å². The van der Waals surface area contributed by atoms with E-state index in [1.54, 1.807) is 6.08 Å². The van der Waals surface area contributed by atoms with Gasteiger partial charge in [0.1, 0.15) is 5.02 Å². The van der Waals surface area contributed by atoms with Gasteiger partial charge in [-0.15, -0.1) is 6.58 Å². The molecule has 0 aromatic carbocycles. The molecule has 3 nitrogen and oxygen atoms in total. The fraction of sp³-hybridized carbons (Fsp3) is 0.250. The zero-order valence-electron chi connectivity index (χ0n) is 6.83. The van der Waals surface area contributed by atoms with Crippen molar-refractivity contribution in [1.29, 1.82) is 0 Å². The van der Waals surface area contributed by atoms with E-state index in [9.17, 15) is 4.79 Å². The van der Waals surface area contributed by atoms with Gasteiger partial charge in [-0.3, -0.25) is 9.36 Å². The van der Waals surface area contributed by atoms with Gasteiger partial charge in [0.05, 0.1) is 6.33 Å². The Bertz CT molecular complexity index is 373. The van der Waals surface area contributed by atoms with Gasteiger partial charge in [0.2, 0.25) is 0 Å². The molecule has 13 heavy (non-hydrogen) atoms. The van der Waals surface area contributed by atoms with E-state index in [1.807, 2.05) is 0 Å². The van der Waals surface area contributed by atoms with E-state index >= 15 is 0 Å². The normalized spacial score (nSPS) is 10.0. The molecule has 0 aliphatic rings. The van der Waals surface area contributed by atoms with Crippen molar-refractivity contribution in [3.05, 3.63) is 39.5 Å². The molecular weight excluding hydrogens is 211 g/mol. The quantitative estimate of drug-likeness (QED) is 0.576. The van der Waals surface area contributed by atoms with Crippen molar-refractivity contribution in [2.45, 2.75) is 13.0 Å². The summed E-state index contributed by atoms with van der Waals surface area (Å²) in [6, 6.07) is 0. The molecule has 1 aromatic rings. The van der Waals surface area contributed by atoms with Crippen LogP contribution in [0.15, 0.2) is 23.8 Å². The highest BCUT2D eigenvalue weighted by molar-refractivity contribution is 6.40. The Balaban J connectivity index is 3.04. The monoisotopic (exact) mass is 218 g/mol. The third-order valence-electron chi connectivity index (χ3n) is 1.51. The van der Waals surface area contributed by atoms with Gasteiger partial charge < -0.3 is 0 Å². The van der Waals surface area contributed by atoms with Crippen molar-refractivity contribution in [3.8, 4) is 0 Å². The Kier molecular flexibility index (Phi) is 3.51. The maximum atomic E-state index is 11.4. The lowest BCUT2D eigenvalue weighted by molar-refractivity contribution is 0.666. The topological polar surface area (TPSA) is 34.9 Å². The lowest BCUT2D eigenvalue weighted by atomic mass is 10.4. The average Bonchev–Trinajstić information content (AvgIpc) is 2.13. The first kappa shape index (κ1) is 10.3. The molecule has 5 heteroatoms. The van der Waals surface area contributed by atoms with E-state index in [2.05, 4.69) is 11.6 Å². The molecule has 0 saturated carbocycles. The Labute approximate surface area is 85.6 Å². The fourth-order valence-corrected chi connectivity index (χ4v) is 1.12. The first-order valence-electron chi connectivity index (χ1n) is 3.68. The summed E-state index contributed by atoms with van der Waals surface area (Å²) in [4.78, 5) is 15.1. The summed E-state index contributed by atoms with van der Waals surface area (Å²) in [5.41, 5.74) is -0.316. The third kappa shape index (κ3) is 2.32. The Morgan fingerprint density at radius 2 is 2.31 bits per heavy atom. The summed E-state index contributed by atoms with van der Waals surface area (Å²) >= 11 is 11.2. The number of aryl methyl sites for hydroxylation is 1. The molecule has 0 aliphatic carbocycles. The van der Waals surface area contributed by atoms with Crippen molar-refractivity contribution >= 4 is 23.2 Å². The van der Waals surface area contributed by atoms with Crippen LogP contribution >= 0.6 is 23.2 Å². The highest BCUT2D eigenvalue weighted by Crippen LogP contribution is 2.12. The first-order valence-corrected chi connectivity index (χ1v) is 4.43. The minimum Gasteiger partial charge on any atom is -0.298 e. The van der Waals surface area contributed by atoms with E-state index in [-0.39, 0.29) is 15.7 Å². The van der Waals surface area contributed by atoms with Gasteiger partial charge in [0.15, 0.2) is 5.15 Å². The lowest BCUT2D eigenvalue weighted by Crippen LogP contribution is -2.20. The van der Waals surface area contributed by atoms with E-state index in [0.717, 1.165) is 0 Å². The second-order valence-corrected chi connectivity index (χ2v) is 3.16. The predicted octanol–water partition coefficient (Wildman–Crippen LogP) is 2.13. The molecular formula is C8H8Cl2N2O. The molecule has 0 fully saturated rings. The van der Waals surface area contributed by atoms with Gasteiger partial charge in [-0.05, 0) is 6.42 Å². The van der Waals surface area contributed by atoms with Gasteiger partial charge in [-0.1, -0.05) is 29.3 Å². The van der Waals surface area contributed by atoms with Crippen LogP contribution in [0.2, 0.25) is 10.2 Å². The van der Waals surface area contributed by atoms with Gasteiger partial charge >= 0.3 is 0 Å². The van der Waals surface area contributed by atoms with Crippen molar-refractivity contribution in [3.63, 3.8) is 0 Å². The summed E-state index contributed by atoms with van der Waals surface area (Å²) in [6.45, 7) is 4.07. The van der Waals surface area contributed by atoms with Gasteiger partial charge in [-0.2, -0.15) is 0 Å². The predicted molar refractivity (Wildman–Crippen MR) is 53.3 cm³/mol. The standard InChI is InChI=1S/C8H8Cl2N2O/c1-2-3-4-12-5-11-7(10)6(9)8(12)13/h2,5H,1,3-4H2. The summed E-state index contributed by atoms with van der Waals surface area (Å²) in [5, 5.41) is 0.00903. The minimum atomic E-state index is -0.316. The molecule has 1 aromatic heterocycles. The maximum absolute atomic E-state index is 11.4. The van der Waals surface area contributed by atoms with E-state index in [0.29, 0.717) is 13.0 Å². The SMILES string of the molecule is C=CCCn1cnc(Cl)c(Cl)c1=O.